The third-order valence-electron chi connectivity index (χ3n) is 1.54. The number of carbonyl (C=O) groups excluding carboxylic acids is 1. The highest BCUT2D eigenvalue weighted by Gasteiger charge is 2.22. The van der Waals surface area contributed by atoms with E-state index >= 15 is 0 Å². The second kappa shape index (κ2) is 3.33. The molecule has 54 valence electrons. The summed E-state index contributed by atoms with van der Waals surface area (Å²) in [6.45, 7) is 0.668. The van der Waals surface area contributed by atoms with Gasteiger partial charge in [-0.25, -0.2) is 0 Å². The Kier molecular flexibility index (Phi) is 2.41. The standard InChI is InChI=1S/C7H9NO2/c8-4-3-6(9)7-2-1-5-10-7/h7H,1-3,5H2/t7-/m1/s1. The van der Waals surface area contributed by atoms with Crippen LogP contribution < -0.4 is 0 Å². The van der Waals surface area contributed by atoms with Crippen LogP contribution >= 0.6 is 0 Å². The SMILES string of the molecule is N#CCC(=O)[C@H]1CCCO1. The van der Waals surface area contributed by atoms with E-state index in [0.717, 1.165) is 12.8 Å². The Balaban J connectivity index is 2.34. The van der Waals surface area contributed by atoms with Gasteiger partial charge in [-0.3, -0.25) is 4.79 Å². The first-order chi connectivity index (χ1) is 4.84. The largest absolute Gasteiger partial charge is 0.370 e. The van der Waals surface area contributed by atoms with Crippen molar-refractivity contribution in [3.05, 3.63) is 0 Å². The smallest absolute Gasteiger partial charge is 0.175 e. The van der Waals surface area contributed by atoms with Crippen LogP contribution in [0.25, 0.3) is 0 Å². The third kappa shape index (κ3) is 1.55. The number of Topliss-reactive ketones (excluding diaryl/α,β-unsaturated/α-hetero) is 1. The molecule has 0 aromatic carbocycles. The number of carbonyl (C=O) groups is 1. The summed E-state index contributed by atoms with van der Waals surface area (Å²) in [6, 6.07) is 1.81. The number of rotatable bonds is 2. The number of nitrogens with zero attached hydrogens (tertiary/aromatic N) is 1. The molecule has 0 amide bonds. The highest BCUT2D eigenvalue weighted by molar-refractivity contribution is 5.84. The van der Waals surface area contributed by atoms with Crippen LogP contribution in [0, 0.1) is 11.3 Å². The van der Waals surface area contributed by atoms with Crippen molar-refractivity contribution < 1.29 is 9.53 Å². The Bertz CT molecular complexity index is 165. The van der Waals surface area contributed by atoms with E-state index in [2.05, 4.69) is 0 Å². The maximum atomic E-state index is 10.9. The normalized spacial score (nSPS) is 24.1. The summed E-state index contributed by atoms with van der Waals surface area (Å²) in [7, 11) is 0. The molecule has 1 atom stereocenters. The molecule has 1 saturated heterocycles. The summed E-state index contributed by atoms with van der Waals surface area (Å²) < 4.78 is 5.07. The fourth-order valence-electron chi connectivity index (χ4n) is 1.02. The van der Waals surface area contributed by atoms with E-state index in [9.17, 15) is 4.79 Å². The van der Waals surface area contributed by atoms with Crippen molar-refractivity contribution in [1.82, 2.24) is 0 Å². The molecule has 1 aliphatic heterocycles. The van der Waals surface area contributed by atoms with Crippen LogP contribution in [0.15, 0.2) is 0 Å². The fraction of sp³-hybridized carbons (Fsp3) is 0.714. The van der Waals surface area contributed by atoms with Gasteiger partial charge < -0.3 is 4.74 Å². The van der Waals surface area contributed by atoms with Gasteiger partial charge in [0.1, 0.15) is 6.10 Å². The molecular weight excluding hydrogens is 130 g/mol. The zero-order chi connectivity index (χ0) is 7.40. The van der Waals surface area contributed by atoms with E-state index in [1.807, 2.05) is 6.07 Å². The van der Waals surface area contributed by atoms with Gasteiger partial charge >= 0.3 is 0 Å². The van der Waals surface area contributed by atoms with Gasteiger partial charge in [0.2, 0.25) is 0 Å². The van der Waals surface area contributed by atoms with Gasteiger partial charge in [0.05, 0.1) is 12.5 Å². The summed E-state index contributed by atoms with van der Waals surface area (Å²) in [6.07, 6.45) is 1.45. The van der Waals surface area contributed by atoms with Crippen molar-refractivity contribution in [3.8, 4) is 6.07 Å². The first kappa shape index (κ1) is 7.23. The monoisotopic (exact) mass is 139 g/mol. The van der Waals surface area contributed by atoms with Crippen molar-refractivity contribution >= 4 is 5.78 Å². The summed E-state index contributed by atoms with van der Waals surface area (Å²) in [5.41, 5.74) is 0. The Hall–Kier alpha value is -0.880. The summed E-state index contributed by atoms with van der Waals surface area (Å²) in [4.78, 5) is 10.9. The summed E-state index contributed by atoms with van der Waals surface area (Å²) in [5.74, 6) is -0.0694. The summed E-state index contributed by atoms with van der Waals surface area (Å²) >= 11 is 0. The first-order valence-electron chi connectivity index (χ1n) is 3.36. The second-order valence-corrected chi connectivity index (χ2v) is 2.30. The number of ketones is 1. The maximum absolute atomic E-state index is 10.9. The molecule has 0 radical (unpaired) electrons. The molecule has 0 unspecified atom stereocenters. The minimum atomic E-state index is -0.278. The van der Waals surface area contributed by atoms with Crippen LogP contribution in [-0.2, 0) is 9.53 Å². The van der Waals surface area contributed by atoms with Gasteiger partial charge in [-0.05, 0) is 12.8 Å². The lowest BCUT2D eigenvalue weighted by atomic mass is 10.1. The van der Waals surface area contributed by atoms with E-state index in [0.29, 0.717) is 6.61 Å². The molecule has 1 rings (SSSR count). The van der Waals surface area contributed by atoms with Crippen molar-refractivity contribution in [2.75, 3.05) is 6.61 Å². The van der Waals surface area contributed by atoms with E-state index in [-0.39, 0.29) is 18.3 Å². The minimum Gasteiger partial charge on any atom is -0.370 e. The van der Waals surface area contributed by atoms with Gasteiger partial charge in [0, 0.05) is 6.61 Å². The van der Waals surface area contributed by atoms with Gasteiger partial charge in [-0.1, -0.05) is 0 Å². The predicted octanol–water partition coefficient (Wildman–Crippen LogP) is 0.648. The summed E-state index contributed by atoms with van der Waals surface area (Å²) in [5, 5.41) is 8.17. The van der Waals surface area contributed by atoms with Crippen molar-refractivity contribution in [2.45, 2.75) is 25.4 Å². The first-order valence-corrected chi connectivity index (χ1v) is 3.36. The van der Waals surface area contributed by atoms with Crippen molar-refractivity contribution in [3.63, 3.8) is 0 Å². The van der Waals surface area contributed by atoms with Crippen LogP contribution in [-0.4, -0.2) is 18.5 Å². The van der Waals surface area contributed by atoms with Crippen LogP contribution in [0.3, 0.4) is 0 Å². The second-order valence-electron chi connectivity index (χ2n) is 2.30. The molecule has 1 heterocycles. The number of ether oxygens (including phenoxy) is 1. The Morgan fingerprint density at radius 3 is 3.10 bits per heavy atom. The number of hydrogen-bond donors (Lipinski definition) is 0. The highest BCUT2D eigenvalue weighted by Crippen LogP contribution is 2.13. The quantitative estimate of drug-likeness (QED) is 0.564. The fourth-order valence-corrected chi connectivity index (χ4v) is 1.02. The lowest BCUT2D eigenvalue weighted by Crippen LogP contribution is -2.18. The van der Waals surface area contributed by atoms with Crippen LogP contribution in [0.1, 0.15) is 19.3 Å². The highest BCUT2D eigenvalue weighted by atomic mass is 16.5. The molecule has 0 spiro atoms. The molecule has 0 aromatic heterocycles. The number of nitriles is 1. The lowest BCUT2D eigenvalue weighted by Gasteiger charge is -2.02. The van der Waals surface area contributed by atoms with Crippen molar-refractivity contribution in [1.29, 1.82) is 5.26 Å². The maximum Gasteiger partial charge on any atom is 0.175 e. The van der Waals surface area contributed by atoms with Crippen LogP contribution in [0.2, 0.25) is 0 Å². The van der Waals surface area contributed by atoms with Crippen molar-refractivity contribution in [2.24, 2.45) is 0 Å². The molecule has 3 nitrogen and oxygen atoms in total. The van der Waals surface area contributed by atoms with E-state index in [1.54, 1.807) is 0 Å². The van der Waals surface area contributed by atoms with Gasteiger partial charge in [-0.2, -0.15) is 5.26 Å². The third-order valence-corrected chi connectivity index (χ3v) is 1.54. The molecular formula is C7H9NO2. The molecule has 0 saturated carbocycles. The van der Waals surface area contributed by atoms with Gasteiger partial charge in [-0.15, -0.1) is 0 Å². The molecule has 3 heteroatoms. The topological polar surface area (TPSA) is 50.1 Å². The number of hydrogen-bond acceptors (Lipinski definition) is 3. The molecule has 10 heavy (non-hydrogen) atoms. The molecule has 0 aliphatic carbocycles. The minimum absolute atomic E-state index is 0.00926. The molecule has 0 aromatic rings. The Morgan fingerprint density at radius 1 is 1.80 bits per heavy atom. The predicted molar refractivity (Wildman–Crippen MR) is 34.2 cm³/mol. The Labute approximate surface area is 59.6 Å². The van der Waals surface area contributed by atoms with Crippen LogP contribution in [0.5, 0.6) is 0 Å². The van der Waals surface area contributed by atoms with Crippen LogP contribution in [0.4, 0.5) is 0 Å². The lowest BCUT2D eigenvalue weighted by molar-refractivity contribution is -0.126. The average Bonchev–Trinajstić information content (AvgIpc) is 2.38. The van der Waals surface area contributed by atoms with E-state index in [4.69, 9.17) is 10.00 Å². The zero-order valence-electron chi connectivity index (χ0n) is 5.67. The molecule has 1 fully saturated rings. The zero-order valence-corrected chi connectivity index (χ0v) is 5.67. The van der Waals surface area contributed by atoms with Gasteiger partial charge in [0.15, 0.2) is 5.78 Å². The molecule has 0 N–H and O–H groups in total. The molecule has 1 aliphatic rings. The molecule has 0 bridgehead atoms. The Morgan fingerprint density at radius 2 is 2.60 bits per heavy atom. The van der Waals surface area contributed by atoms with E-state index in [1.165, 1.54) is 0 Å². The average molecular weight is 139 g/mol. The van der Waals surface area contributed by atoms with Gasteiger partial charge in [0.25, 0.3) is 0 Å². The van der Waals surface area contributed by atoms with E-state index < -0.39 is 0 Å².